The first kappa shape index (κ1) is 11.4. The summed E-state index contributed by atoms with van der Waals surface area (Å²) < 4.78 is 7.40. The van der Waals surface area contributed by atoms with Gasteiger partial charge in [0.1, 0.15) is 18.1 Å². The number of aryl methyl sites for hydroxylation is 3. The van der Waals surface area contributed by atoms with E-state index >= 15 is 0 Å². The second kappa shape index (κ2) is 4.45. The van der Waals surface area contributed by atoms with Crippen LogP contribution in [0.3, 0.4) is 0 Å². The minimum atomic E-state index is 0.416. The van der Waals surface area contributed by atoms with Gasteiger partial charge in [-0.1, -0.05) is 5.21 Å². The minimum absolute atomic E-state index is 0.416. The average Bonchev–Trinajstić information content (AvgIpc) is 2.62. The highest BCUT2D eigenvalue weighted by Gasteiger charge is 2.07. The average molecular weight is 232 g/mol. The lowest BCUT2D eigenvalue weighted by Crippen LogP contribution is -2.00. The van der Waals surface area contributed by atoms with E-state index in [0.717, 1.165) is 28.3 Å². The number of benzene rings is 1. The predicted molar refractivity (Wildman–Crippen MR) is 65.7 cm³/mol. The fourth-order valence-corrected chi connectivity index (χ4v) is 1.82. The van der Waals surface area contributed by atoms with E-state index in [2.05, 4.69) is 10.3 Å². The topological polar surface area (TPSA) is 66.0 Å². The van der Waals surface area contributed by atoms with E-state index in [9.17, 15) is 0 Å². The van der Waals surface area contributed by atoms with Gasteiger partial charge in [0.05, 0.1) is 6.20 Å². The molecule has 0 aliphatic rings. The molecule has 5 nitrogen and oxygen atoms in total. The molecule has 2 rings (SSSR count). The van der Waals surface area contributed by atoms with Gasteiger partial charge in [-0.15, -0.1) is 5.10 Å². The number of nitrogen functional groups attached to an aromatic ring is 1. The van der Waals surface area contributed by atoms with Crippen LogP contribution in [0.4, 0.5) is 5.69 Å². The van der Waals surface area contributed by atoms with Gasteiger partial charge in [0.15, 0.2) is 0 Å². The number of aromatic nitrogens is 3. The molecular weight excluding hydrogens is 216 g/mol. The molecule has 0 radical (unpaired) electrons. The Bertz CT molecular complexity index is 510. The molecule has 1 heterocycles. The van der Waals surface area contributed by atoms with Crippen molar-refractivity contribution in [1.82, 2.24) is 15.0 Å². The summed E-state index contributed by atoms with van der Waals surface area (Å²) in [5.41, 5.74) is 9.39. The molecule has 0 saturated heterocycles. The molecule has 0 aliphatic heterocycles. The Kier molecular flexibility index (Phi) is 2.99. The van der Waals surface area contributed by atoms with E-state index in [1.807, 2.05) is 39.2 Å². The van der Waals surface area contributed by atoms with Crippen molar-refractivity contribution in [3.05, 3.63) is 35.2 Å². The second-order valence-electron chi connectivity index (χ2n) is 4.16. The number of nitrogens with two attached hydrogens (primary N) is 1. The van der Waals surface area contributed by atoms with Crippen LogP contribution in [0.5, 0.6) is 5.75 Å². The van der Waals surface area contributed by atoms with Crippen LogP contribution < -0.4 is 10.5 Å². The van der Waals surface area contributed by atoms with Crippen LogP contribution in [0.25, 0.3) is 0 Å². The summed E-state index contributed by atoms with van der Waals surface area (Å²) in [4.78, 5) is 0. The maximum Gasteiger partial charge on any atom is 0.134 e. The lowest BCUT2D eigenvalue weighted by molar-refractivity contribution is 0.297. The number of hydrogen-bond donors (Lipinski definition) is 1. The van der Waals surface area contributed by atoms with Gasteiger partial charge in [-0.25, -0.2) is 0 Å². The van der Waals surface area contributed by atoms with Gasteiger partial charge in [0, 0.05) is 12.7 Å². The van der Waals surface area contributed by atoms with Gasteiger partial charge in [-0.3, -0.25) is 4.68 Å². The van der Waals surface area contributed by atoms with Crippen LogP contribution in [-0.4, -0.2) is 15.0 Å². The zero-order chi connectivity index (χ0) is 12.4. The van der Waals surface area contributed by atoms with Crippen molar-refractivity contribution in [2.75, 3.05) is 5.73 Å². The van der Waals surface area contributed by atoms with E-state index < -0.39 is 0 Å². The van der Waals surface area contributed by atoms with Gasteiger partial charge in [0.2, 0.25) is 0 Å². The molecule has 0 fully saturated rings. The minimum Gasteiger partial charge on any atom is -0.487 e. The third-order valence-electron chi connectivity index (χ3n) is 2.50. The van der Waals surface area contributed by atoms with Crippen molar-refractivity contribution in [2.45, 2.75) is 20.5 Å². The maximum absolute atomic E-state index is 5.76. The van der Waals surface area contributed by atoms with E-state index in [1.54, 1.807) is 4.68 Å². The first-order valence-electron chi connectivity index (χ1n) is 5.41. The molecule has 0 atom stereocenters. The molecule has 0 saturated carbocycles. The van der Waals surface area contributed by atoms with Crippen molar-refractivity contribution in [2.24, 2.45) is 7.05 Å². The Hall–Kier alpha value is -2.04. The molecule has 5 heteroatoms. The smallest absolute Gasteiger partial charge is 0.134 e. The molecule has 0 bridgehead atoms. The normalized spacial score (nSPS) is 10.5. The van der Waals surface area contributed by atoms with Crippen molar-refractivity contribution < 1.29 is 4.74 Å². The summed E-state index contributed by atoms with van der Waals surface area (Å²) in [5, 5.41) is 7.83. The highest BCUT2D eigenvalue weighted by molar-refractivity contribution is 5.52. The Morgan fingerprint density at radius 2 is 1.94 bits per heavy atom. The standard InChI is InChI=1S/C12H16N4O/c1-8-4-10(13)5-9(2)12(8)17-7-11-6-16(3)15-14-11/h4-6H,7,13H2,1-3H3. The van der Waals surface area contributed by atoms with Crippen LogP contribution >= 0.6 is 0 Å². The van der Waals surface area contributed by atoms with Crippen LogP contribution in [0.15, 0.2) is 18.3 Å². The lowest BCUT2D eigenvalue weighted by atomic mass is 10.1. The summed E-state index contributed by atoms with van der Waals surface area (Å²) in [6, 6.07) is 3.80. The number of nitrogens with zero attached hydrogens (tertiary/aromatic N) is 3. The molecule has 90 valence electrons. The highest BCUT2D eigenvalue weighted by Crippen LogP contribution is 2.26. The maximum atomic E-state index is 5.76. The molecule has 1 aromatic heterocycles. The summed E-state index contributed by atoms with van der Waals surface area (Å²) in [7, 11) is 1.83. The zero-order valence-corrected chi connectivity index (χ0v) is 10.3. The summed E-state index contributed by atoms with van der Waals surface area (Å²) in [6.45, 7) is 4.38. The summed E-state index contributed by atoms with van der Waals surface area (Å²) in [6.07, 6.45) is 1.84. The largest absolute Gasteiger partial charge is 0.487 e. The number of anilines is 1. The van der Waals surface area contributed by atoms with E-state index in [-0.39, 0.29) is 0 Å². The Morgan fingerprint density at radius 3 is 2.47 bits per heavy atom. The molecule has 0 spiro atoms. The second-order valence-corrected chi connectivity index (χ2v) is 4.16. The van der Waals surface area contributed by atoms with Gasteiger partial charge >= 0.3 is 0 Å². The molecule has 0 unspecified atom stereocenters. The number of hydrogen-bond acceptors (Lipinski definition) is 4. The van der Waals surface area contributed by atoms with Crippen molar-refractivity contribution in [1.29, 1.82) is 0 Å². The zero-order valence-electron chi connectivity index (χ0n) is 10.3. The Morgan fingerprint density at radius 1 is 1.29 bits per heavy atom. The van der Waals surface area contributed by atoms with Crippen LogP contribution in [0.1, 0.15) is 16.8 Å². The molecule has 0 amide bonds. The number of rotatable bonds is 3. The molecule has 2 N–H and O–H groups in total. The van der Waals surface area contributed by atoms with Crippen LogP contribution in [0, 0.1) is 13.8 Å². The Labute approximate surface area is 100 Å². The first-order valence-corrected chi connectivity index (χ1v) is 5.41. The quantitative estimate of drug-likeness (QED) is 0.816. The summed E-state index contributed by atoms with van der Waals surface area (Å²) >= 11 is 0. The van der Waals surface area contributed by atoms with Crippen molar-refractivity contribution in [3.8, 4) is 5.75 Å². The van der Waals surface area contributed by atoms with Crippen molar-refractivity contribution in [3.63, 3.8) is 0 Å². The predicted octanol–water partition coefficient (Wildman–Crippen LogP) is 1.59. The molecule has 0 aliphatic carbocycles. The first-order chi connectivity index (χ1) is 8.06. The SMILES string of the molecule is Cc1cc(N)cc(C)c1OCc1cn(C)nn1. The van der Waals surface area contributed by atoms with Gasteiger partial charge in [0.25, 0.3) is 0 Å². The van der Waals surface area contributed by atoms with Crippen LogP contribution in [-0.2, 0) is 13.7 Å². The fraction of sp³-hybridized carbons (Fsp3) is 0.333. The van der Waals surface area contributed by atoms with Gasteiger partial charge in [-0.05, 0) is 37.1 Å². The lowest BCUT2D eigenvalue weighted by Gasteiger charge is -2.11. The van der Waals surface area contributed by atoms with Crippen molar-refractivity contribution >= 4 is 5.69 Å². The highest BCUT2D eigenvalue weighted by atomic mass is 16.5. The molecule has 1 aromatic carbocycles. The third kappa shape index (κ3) is 2.55. The van der Waals surface area contributed by atoms with Gasteiger partial charge in [-0.2, -0.15) is 0 Å². The molecular formula is C12H16N4O. The third-order valence-corrected chi connectivity index (χ3v) is 2.50. The summed E-state index contributed by atoms with van der Waals surface area (Å²) in [5.74, 6) is 0.866. The van der Waals surface area contributed by atoms with Gasteiger partial charge < -0.3 is 10.5 Å². The van der Waals surface area contributed by atoms with E-state index in [4.69, 9.17) is 10.5 Å². The number of ether oxygens (including phenoxy) is 1. The van der Waals surface area contributed by atoms with Crippen LogP contribution in [0.2, 0.25) is 0 Å². The Balaban J connectivity index is 2.14. The van der Waals surface area contributed by atoms with E-state index in [1.165, 1.54) is 0 Å². The van der Waals surface area contributed by atoms with E-state index in [0.29, 0.717) is 6.61 Å². The molecule has 2 aromatic rings. The fourth-order valence-electron chi connectivity index (χ4n) is 1.82. The molecule has 17 heavy (non-hydrogen) atoms. The monoisotopic (exact) mass is 232 g/mol.